The van der Waals surface area contributed by atoms with E-state index >= 15 is 0 Å². The molecule has 1 aliphatic heterocycles. The molecule has 2 N–H and O–H groups in total. The van der Waals surface area contributed by atoms with Crippen molar-refractivity contribution < 1.29 is 19.1 Å². The minimum absolute atomic E-state index is 0.170. The summed E-state index contributed by atoms with van der Waals surface area (Å²) in [6, 6.07) is 7.26. The van der Waals surface area contributed by atoms with Crippen LogP contribution in [0, 0.1) is 0 Å². The third-order valence-electron chi connectivity index (χ3n) is 4.50. The zero-order valence-electron chi connectivity index (χ0n) is 16.0. The maximum Gasteiger partial charge on any atom is 0.436 e. The quantitative estimate of drug-likeness (QED) is 0.837. The third kappa shape index (κ3) is 3.80. The van der Waals surface area contributed by atoms with Crippen LogP contribution in [-0.4, -0.2) is 35.5 Å². The summed E-state index contributed by atoms with van der Waals surface area (Å²) in [5.41, 5.74) is 1.99. The highest BCUT2D eigenvalue weighted by molar-refractivity contribution is 5.94. The average Bonchev–Trinajstić information content (AvgIpc) is 3.14. The number of aromatic nitrogens is 2. The standard InChI is InChI=1S/C19H24N4O4/c1-5-27-18(25)23-17(14-11-20-19(2,3)16(14)22-23)21-15(24)10-12-6-8-13(26-4)9-7-12/h6-9,20H,5,10-11H2,1-4H3,(H,21,24). The highest BCUT2D eigenvalue weighted by atomic mass is 16.6. The fourth-order valence-corrected chi connectivity index (χ4v) is 3.06. The maximum absolute atomic E-state index is 12.6. The van der Waals surface area contributed by atoms with Gasteiger partial charge in [0.05, 0.1) is 31.4 Å². The van der Waals surface area contributed by atoms with Crippen molar-refractivity contribution >= 4 is 17.8 Å². The molecule has 1 aromatic heterocycles. The van der Waals surface area contributed by atoms with Gasteiger partial charge in [0.2, 0.25) is 5.91 Å². The SMILES string of the molecule is CCOC(=O)n1nc2c(c1NC(=O)Cc1ccc(OC)cc1)CNC2(C)C. The fourth-order valence-electron chi connectivity index (χ4n) is 3.06. The molecule has 0 saturated carbocycles. The van der Waals surface area contributed by atoms with Crippen LogP contribution in [0.4, 0.5) is 10.6 Å². The minimum atomic E-state index is -0.609. The largest absolute Gasteiger partial charge is 0.497 e. The van der Waals surface area contributed by atoms with Gasteiger partial charge in [-0.2, -0.15) is 5.10 Å². The number of rotatable bonds is 5. The van der Waals surface area contributed by atoms with E-state index in [1.807, 2.05) is 26.0 Å². The van der Waals surface area contributed by atoms with Crippen LogP contribution in [-0.2, 0) is 28.0 Å². The first-order valence-corrected chi connectivity index (χ1v) is 8.83. The van der Waals surface area contributed by atoms with Crippen molar-refractivity contribution in [1.29, 1.82) is 0 Å². The molecular weight excluding hydrogens is 348 g/mol. The van der Waals surface area contributed by atoms with Gasteiger partial charge in [-0.25, -0.2) is 4.79 Å². The number of methoxy groups -OCH3 is 1. The second-order valence-corrected chi connectivity index (χ2v) is 6.84. The Bertz CT molecular complexity index is 855. The van der Waals surface area contributed by atoms with Gasteiger partial charge in [-0.15, -0.1) is 4.68 Å². The molecule has 0 saturated heterocycles. The van der Waals surface area contributed by atoms with E-state index in [4.69, 9.17) is 9.47 Å². The Morgan fingerprint density at radius 1 is 1.30 bits per heavy atom. The van der Waals surface area contributed by atoms with Crippen molar-refractivity contribution in [3.63, 3.8) is 0 Å². The Morgan fingerprint density at radius 2 is 2.00 bits per heavy atom. The van der Waals surface area contributed by atoms with E-state index in [1.54, 1.807) is 26.2 Å². The van der Waals surface area contributed by atoms with Gasteiger partial charge >= 0.3 is 6.09 Å². The van der Waals surface area contributed by atoms with Crippen LogP contribution in [0.1, 0.15) is 37.6 Å². The first-order chi connectivity index (χ1) is 12.9. The summed E-state index contributed by atoms with van der Waals surface area (Å²) in [4.78, 5) is 24.9. The molecule has 0 radical (unpaired) electrons. The van der Waals surface area contributed by atoms with Crippen molar-refractivity contribution in [3.05, 3.63) is 41.1 Å². The highest BCUT2D eigenvalue weighted by Gasteiger charge is 2.37. The maximum atomic E-state index is 12.6. The van der Waals surface area contributed by atoms with Crippen LogP contribution in [0.2, 0.25) is 0 Å². The Morgan fingerprint density at radius 3 is 2.63 bits per heavy atom. The van der Waals surface area contributed by atoms with Gasteiger partial charge in [-0.1, -0.05) is 12.1 Å². The van der Waals surface area contributed by atoms with E-state index in [-0.39, 0.29) is 24.5 Å². The lowest BCUT2D eigenvalue weighted by molar-refractivity contribution is -0.115. The lowest BCUT2D eigenvalue weighted by atomic mass is 10.0. The monoisotopic (exact) mass is 372 g/mol. The molecule has 2 heterocycles. The number of carbonyl (C=O) groups excluding carboxylic acids is 2. The summed E-state index contributed by atoms with van der Waals surface area (Å²) >= 11 is 0. The number of anilines is 1. The van der Waals surface area contributed by atoms with Crippen LogP contribution in [0.3, 0.4) is 0 Å². The van der Waals surface area contributed by atoms with Crippen molar-refractivity contribution in [2.24, 2.45) is 0 Å². The molecule has 0 unspecified atom stereocenters. The Balaban J connectivity index is 1.84. The van der Waals surface area contributed by atoms with Crippen molar-refractivity contribution in [3.8, 4) is 5.75 Å². The Hall–Kier alpha value is -2.87. The molecule has 0 bridgehead atoms. The number of carbonyl (C=O) groups is 2. The topological polar surface area (TPSA) is 94.5 Å². The number of fused-ring (bicyclic) bond motifs is 1. The average molecular weight is 372 g/mol. The van der Waals surface area contributed by atoms with Gasteiger partial charge in [-0.3, -0.25) is 4.79 Å². The number of ether oxygens (including phenoxy) is 2. The predicted molar refractivity (Wildman–Crippen MR) is 99.8 cm³/mol. The van der Waals surface area contributed by atoms with Gasteiger partial charge in [0.15, 0.2) is 0 Å². The number of hydrogen-bond acceptors (Lipinski definition) is 6. The second kappa shape index (κ2) is 7.40. The number of benzene rings is 1. The molecule has 8 nitrogen and oxygen atoms in total. The Kier molecular flexibility index (Phi) is 5.18. The first kappa shape index (κ1) is 18.9. The smallest absolute Gasteiger partial charge is 0.436 e. The molecule has 0 spiro atoms. The van der Waals surface area contributed by atoms with Gasteiger partial charge < -0.3 is 20.1 Å². The van der Waals surface area contributed by atoms with E-state index in [0.29, 0.717) is 12.4 Å². The van der Waals surface area contributed by atoms with Gasteiger partial charge in [0.25, 0.3) is 0 Å². The van der Waals surface area contributed by atoms with Gasteiger partial charge in [0.1, 0.15) is 11.6 Å². The Labute approximate surface area is 157 Å². The summed E-state index contributed by atoms with van der Waals surface area (Å²) in [5.74, 6) is 0.851. The number of amides is 1. The molecule has 144 valence electrons. The molecule has 8 heteroatoms. The lowest BCUT2D eigenvalue weighted by Crippen LogP contribution is -2.31. The summed E-state index contributed by atoms with van der Waals surface area (Å²) in [6.45, 7) is 6.42. The van der Waals surface area contributed by atoms with E-state index < -0.39 is 6.09 Å². The molecule has 0 atom stereocenters. The van der Waals surface area contributed by atoms with E-state index in [0.717, 1.165) is 27.3 Å². The molecule has 0 fully saturated rings. The van der Waals surface area contributed by atoms with E-state index in [2.05, 4.69) is 15.7 Å². The summed E-state index contributed by atoms with van der Waals surface area (Å²) in [6.07, 6.45) is -0.439. The zero-order chi connectivity index (χ0) is 19.6. The lowest BCUT2D eigenvalue weighted by Gasteiger charge is -2.17. The molecule has 3 rings (SSSR count). The zero-order valence-corrected chi connectivity index (χ0v) is 16.0. The van der Waals surface area contributed by atoms with Crippen LogP contribution in [0.5, 0.6) is 5.75 Å². The summed E-state index contributed by atoms with van der Waals surface area (Å²) < 4.78 is 11.3. The predicted octanol–water partition coefficient (Wildman–Crippen LogP) is 2.42. The molecule has 1 aliphatic rings. The van der Waals surface area contributed by atoms with E-state index in [1.165, 1.54) is 0 Å². The fraction of sp³-hybridized carbons (Fsp3) is 0.421. The van der Waals surface area contributed by atoms with Gasteiger partial charge in [0, 0.05) is 12.1 Å². The van der Waals surface area contributed by atoms with Crippen LogP contribution in [0.15, 0.2) is 24.3 Å². The molecule has 1 aromatic carbocycles. The van der Waals surface area contributed by atoms with Crippen molar-refractivity contribution in [1.82, 2.24) is 15.1 Å². The van der Waals surface area contributed by atoms with Crippen LogP contribution < -0.4 is 15.4 Å². The number of hydrogen-bond donors (Lipinski definition) is 2. The highest BCUT2D eigenvalue weighted by Crippen LogP contribution is 2.34. The number of nitrogens with zero attached hydrogens (tertiary/aromatic N) is 2. The third-order valence-corrected chi connectivity index (χ3v) is 4.50. The molecular formula is C19H24N4O4. The number of nitrogens with one attached hydrogen (secondary N) is 2. The second-order valence-electron chi connectivity index (χ2n) is 6.84. The summed E-state index contributed by atoms with van der Waals surface area (Å²) in [5, 5.41) is 10.6. The molecule has 1 amide bonds. The van der Waals surface area contributed by atoms with Crippen LogP contribution >= 0.6 is 0 Å². The molecule has 0 aliphatic carbocycles. The summed E-state index contributed by atoms with van der Waals surface area (Å²) in [7, 11) is 1.59. The molecule has 27 heavy (non-hydrogen) atoms. The normalized spacial score (nSPS) is 14.5. The van der Waals surface area contributed by atoms with Crippen LogP contribution in [0.25, 0.3) is 0 Å². The van der Waals surface area contributed by atoms with E-state index in [9.17, 15) is 9.59 Å². The minimum Gasteiger partial charge on any atom is -0.497 e. The van der Waals surface area contributed by atoms with Crippen molar-refractivity contribution in [2.75, 3.05) is 19.0 Å². The molecule has 2 aromatic rings. The van der Waals surface area contributed by atoms with Crippen molar-refractivity contribution in [2.45, 2.75) is 39.3 Å². The van der Waals surface area contributed by atoms with Gasteiger partial charge in [-0.05, 0) is 38.5 Å². The first-order valence-electron chi connectivity index (χ1n) is 8.83.